The fraction of sp³-hybridized carbons (Fsp3) is 0.800. The van der Waals surface area contributed by atoms with Crippen molar-refractivity contribution in [2.75, 3.05) is 0 Å². The van der Waals surface area contributed by atoms with Gasteiger partial charge in [-0.2, -0.15) is 0 Å². The highest BCUT2D eigenvalue weighted by atomic mass is 16.6. The summed E-state index contributed by atoms with van der Waals surface area (Å²) in [5.74, 6) is -1.97. The van der Waals surface area contributed by atoms with Crippen molar-refractivity contribution < 1.29 is 23.9 Å². The zero-order valence-electron chi connectivity index (χ0n) is 14.0. The average Bonchev–Trinajstić information content (AvgIpc) is 2.23. The number of rotatable bonds is 6. The molecule has 0 bridgehead atoms. The third-order valence-corrected chi connectivity index (χ3v) is 2.46. The maximum Gasteiger partial charge on any atom is 0.330 e. The van der Waals surface area contributed by atoms with Crippen LogP contribution in [0.5, 0.6) is 0 Å². The SMILES string of the molecule is CCC(C(=O)OC(C)(C)C)C(NC=O)C(=O)OC(C)(C)C. The molecule has 0 aromatic heterocycles. The summed E-state index contributed by atoms with van der Waals surface area (Å²) in [6.45, 7) is 12.1. The molecule has 0 saturated heterocycles. The first-order chi connectivity index (χ1) is 9.41. The van der Waals surface area contributed by atoms with Crippen LogP contribution in [-0.2, 0) is 23.9 Å². The Balaban J connectivity index is 5.16. The van der Waals surface area contributed by atoms with E-state index in [1.165, 1.54) is 0 Å². The number of hydrogen-bond acceptors (Lipinski definition) is 5. The van der Waals surface area contributed by atoms with E-state index < -0.39 is 35.1 Å². The number of amides is 1. The van der Waals surface area contributed by atoms with E-state index >= 15 is 0 Å². The molecule has 2 unspecified atom stereocenters. The Kier molecular flexibility index (Phi) is 6.86. The molecule has 6 nitrogen and oxygen atoms in total. The Bertz CT molecular complexity index is 379. The predicted molar refractivity (Wildman–Crippen MR) is 78.5 cm³/mol. The van der Waals surface area contributed by atoms with Crippen molar-refractivity contribution in [3.63, 3.8) is 0 Å². The Morgan fingerprint density at radius 2 is 1.43 bits per heavy atom. The second-order valence-electron chi connectivity index (χ2n) is 6.84. The highest BCUT2D eigenvalue weighted by molar-refractivity contribution is 5.86. The number of carbonyl (C=O) groups excluding carboxylic acids is 3. The molecule has 0 heterocycles. The molecule has 0 fully saturated rings. The van der Waals surface area contributed by atoms with Gasteiger partial charge in [0.2, 0.25) is 6.41 Å². The second kappa shape index (κ2) is 7.43. The lowest BCUT2D eigenvalue weighted by Gasteiger charge is -2.29. The number of nitrogens with one attached hydrogen (secondary N) is 1. The van der Waals surface area contributed by atoms with E-state index in [1.807, 2.05) is 0 Å². The van der Waals surface area contributed by atoms with Crippen LogP contribution in [0.2, 0.25) is 0 Å². The van der Waals surface area contributed by atoms with Gasteiger partial charge in [-0.05, 0) is 48.0 Å². The summed E-state index contributed by atoms with van der Waals surface area (Å²) in [5.41, 5.74) is -1.36. The molecule has 0 saturated carbocycles. The first kappa shape index (κ1) is 19.4. The number of hydrogen-bond donors (Lipinski definition) is 1. The van der Waals surface area contributed by atoms with E-state index in [0.29, 0.717) is 12.8 Å². The van der Waals surface area contributed by atoms with Crippen molar-refractivity contribution in [1.29, 1.82) is 0 Å². The molecule has 0 aliphatic carbocycles. The molecule has 0 spiro atoms. The first-order valence-electron chi connectivity index (χ1n) is 7.06. The van der Waals surface area contributed by atoms with Gasteiger partial charge in [0, 0.05) is 0 Å². The molecule has 1 N–H and O–H groups in total. The largest absolute Gasteiger partial charge is 0.460 e. The summed E-state index contributed by atoms with van der Waals surface area (Å²) in [6, 6.07) is -1.05. The van der Waals surface area contributed by atoms with E-state index in [-0.39, 0.29) is 0 Å². The zero-order valence-corrected chi connectivity index (χ0v) is 14.0. The van der Waals surface area contributed by atoms with Gasteiger partial charge in [-0.3, -0.25) is 9.59 Å². The summed E-state index contributed by atoms with van der Waals surface area (Å²) in [4.78, 5) is 35.1. The minimum absolute atomic E-state index is 0.347. The van der Waals surface area contributed by atoms with E-state index in [9.17, 15) is 14.4 Å². The minimum atomic E-state index is -1.05. The summed E-state index contributed by atoms with van der Waals surface area (Å²) in [6.07, 6.45) is 0.737. The third kappa shape index (κ3) is 7.68. The van der Waals surface area contributed by atoms with Gasteiger partial charge in [0.15, 0.2) is 0 Å². The van der Waals surface area contributed by atoms with Gasteiger partial charge >= 0.3 is 11.9 Å². The molecule has 122 valence electrons. The van der Waals surface area contributed by atoms with E-state index in [4.69, 9.17) is 9.47 Å². The molecule has 2 atom stereocenters. The standard InChI is InChI=1S/C15H27NO5/c1-8-10(12(18)20-14(2,3)4)11(16-9-17)13(19)21-15(5,6)7/h9-11H,8H2,1-7H3,(H,16,17). The third-order valence-electron chi connectivity index (χ3n) is 2.46. The van der Waals surface area contributed by atoms with Gasteiger partial charge in [0.1, 0.15) is 17.2 Å². The molecule has 0 aromatic carbocycles. The van der Waals surface area contributed by atoms with Crippen LogP contribution in [0.4, 0.5) is 0 Å². The van der Waals surface area contributed by atoms with Crippen LogP contribution in [0.25, 0.3) is 0 Å². The topological polar surface area (TPSA) is 81.7 Å². The van der Waals surface area contributed by atoms with Gasteiger partial charge in [-0.25, -0.2) is 4.79 Å². The Morgan fingerprint density at radius 1 is 1.00 bits per heavy atom. The monoisotopic (exact) mass is 301 g/mol. The first-order valence-corrected chi connectivity index (χ1v) is 7.06. The molecule has 0 radical (unpaired) electrons. The van der Waals surface area contributed by atoms with Crippen LogP contribution in [-0.4, -0.2) is 35.6 Å². The van der Waals surface area contributed by atoms with Crippen molar-refractivity contribution in [3.8, 4) is 0 Å². The van der Waals surface area contributed by atoms with Crippen LogP contribution in [0.3, 0.4) is 0 Å². The Labute approximate surface area is 126 Å². The van der Waals surface area contributed by atoms with Gasteiger partial charge < -0.3 is 14.8 Å². The molecular formula is C15H27NO5. The lowest BCUT2D eigenvalue weighted by atomic mass is 9.96. The molecule has 0 aromatic rings. The maximum atomic E-state index is 12.2. The van der Waals surface area contributed by atoms with Crippen molar-refractivity contribution in [3.05, 3.63) is 0 Å². The van der Waals surface area contributed by atoms with Gasteiger partial charge in [-0.15, -0.1) is 0 Å². The van der Waals surface area contributed by atoms with Crippen molar-refractivity contribution in [1.82, 2.24) is 5.32 Å². The molecular weight excluding hydrogens is 274 g/mol. The average molecular weight is 301 g/mol. The van der Waals surface area contributed by atoms with Crippen LogP contribution in [0.1, 0.15) is 54.9 Å². The summed E-state index contributed by atoms with van der Waals surface area (Å²) < 4.78 is 10.5. The molecule has 0 aliphatic rings. The highest BCUT2D eigenvalue weighted by Crippen LogP contribution is 2.19. The van der Waals surface area contributed by atoms with Crippen LogP contribution < -0.4 is 5.32 Å². The highest BCUT2D eigenvalue weighted by Gasteiger charge is 2.37. The Hall–Kier alpha value is -1.59. The summed E-state index contributed by atoms with van der Waals surface area (Å²) in [5, 5.41) is 2.37. The smallest absolute Gasteiger partial charge is 0.330 e. The zero-order chi connectivity index (χ0) is 16.8. The van der Waals surface area contributed by atoms with E-state index in [2.05, 4.69) is 5.32 Å². The fourth-order valence-corrected chi connectivity index (χ4v) is 1.70. The minimum Gasteiger partial charge on any atom is -0.460 e. The van der Waals surface area contributed by atoms with Gasteiger partial charge in [0.25, 0.3) is 0 Å². The van der Waals surface area contributed by atoms with Crippen LogP contribution in [0.15, 0.2) is 0 Å². The van der Waals surface area contributed by atoms with Crippen molar-refractivity contribution in [2.24, 2.45) is 5.92 Å². The maximum absolute atomic E-state index is 12.2. The van der Waals surface area contributed by atoms with Crippen LogP contribution >= 0.6 is 0 Å². The molecule has 0 rings (SSSR count). The molecule has 21 heavy (non-hydrogen) atoms. The molecule has 6 heteroatoms. The van der Waals surface area contributed by atoms with Crippen molar-refractivity contribution >= 4 is 18.3 Å². The normalized spacial score (nSPS) is 14.8. The van der Waals surface area contributed by atoms with Gasteiger partial charge in [0.05, 0.1) is 5.92 Å². The number of carbonyl (C=O) groups is 3. The predicted octanol–water partition coefficient (Wildman–Crippen LogP) is 1.81. The number of esters is 2. The quantitative estimate of drug-likeness (QED) is 0.597. The fourth-order valence-electron chi connectivity index (χ4n) is 1.70. The van der Waals surface area contributed by atoms with E-state index in [0.717, 1.165) is 0 Å². The second-order valence-corrected chi connectivity index (χ2v) is 6.84. The van der Waals surface area contributed by atoms with Crippen LogP contribution in [0, 0.1) is 5.92 Å². The molecule has 0 aliphatic heterocycles. The molecule has 1 amide bonds. The van der Waals surface area contributed by atoms with Gasteiger partial charge in [-0.1, -0.05) is 6.92 Å². The Morgan fingerprint density at radius 3 is 1.76 bits per heavy atom. The summed E-state index contributed by atoms with van der Waals surface area (Å²) in [7, 11) is 0. The lowest BCUT2D eigenvalue weighted by Crippen LogP contribution is -2.49. The van der Waals surface area contributed by atoms with Crippen molar-refractivity contribution in [2.45, 2.75) is 72.1 Å². The number of ether oxygens (including phenoxy) is 2. The summed E-state index contributed by atoms with van der Waals surface area (Å²) >= 11 is 0. The van der Waals surface area contributed by atoms with E-state index in [1.54, 1.807) is 48.5 Å². The lowest BCUT2D eigenvalue weighted by molar-refractivity contribution is -0.170.